The highest BCUT2D eigenvalue weighted by molar-refractivity contribution is 5.57. The van der Waals surface area contributed by atoms with Crippen LogP contribution in [-0.4, -0.2) is 19.9 Å². The molecule has 0 N–H and O–H groups in total. The lowest BCUT2D eigenvalue weighted by Gasteiger charge is -2.19. The van der Waals surface area contributed by atoms with Crippen molar-refractivity contribution in [3.05, 3.63) is 53.7 Å². The Labute approximate surface area is 138 Å². The molecule has 0 aliphatic rings. The maximum atomic E-state index is 13.1. The lowest BCUT2D eigenvalue weighted by atomic mass is 9.85. The number of benzene rings is 1. The summed E-state index contributed by atoms with van der Waals surface area (Å²) in [5.41, 5.74) is 0.570. The molecule has 1 aromatic carbocycles. The van der Waals surface area contributed by atoms with Crippen LogP contribution >= 0.6 is 0 Å². The molecular formula is C17H18F2N4O. The van der Waals surface area contributed by atoms with Gasteiger partial charge in [0.25, 0.3) is 6.43 Å². The third kappa shape index (κ3) is 3.20. The summed E-state index contributed by atoms with van der Waals surface area (Å²) >= 11 is 0. The Bertz CT molecular complexity index is 824. The van der Waals surface area contributed by atoms with Gasteiger partial charge in [-0.15, -0.1) is 0 Å². The molecule has 0 unspecified atom stereocenters. The van der Waals surface area contributed by atoms with Crippen LogP contribution in [0.1, 0.15) is 37.4 Å². The number of nitrogens with zero attached hydrogens (tertiary/aromatic N) is 4. The molecule has 2 heterocycles. The van der Waals surface area contributed by atoms with Crippen LogP contribution in [0.3, 0.4) is 0 Å². The standard InChI is InChI=1S/C17H18F2N4O/c1-17(2,9-11-7-5-4-6-8-11)16-20-15(22-24-16)12-10-23(3)21-13(12)14(18)19/h4-8,10,14H,9H2,1-3H3. The summed E-state index contributed by atoms with van der Waals surface area (Å²) in [4.78, 5) is 4.34. The molecule has 0 amide bonds. The molecule has 0 saturated carbocycles. The SMILES string of the molecule is Cn1cc(-c2noc(C(C)(C)Cc3ccccc3)n2)c(C(F)F)n1. The highest BCUT2D eigenvalue weighted by atomic mass is 19.3. The predicted octanol–water partition coefficient (Wildman–Crippen LogP) is 3.93. The molecule has 3 aromatic rings. The number of aryl methyl sites for hydroxylation is 1. The number of halogens is 2. The van der Waals surface area contributed by atoms with Crippen LogP contribution in [0, 0.1) is 0 Å². The summed E-state index contributed by atoms with van der Waals surface area (Å²) in [6.07, 6.45) is -0.523. The van der Waals surface area contributed by atoms with Crippen LogP contribution in [0.5, 0.6) is 0 Å². The van der Waals surface area contributed by atoms with E-state index in [2.05, 4.69) is 15.2 Å². The molecule has 0 atom stereocenters. The highest BCUT2D eigenvalue weighted by Crippen LogP contribution is 2.31. The van der Waals surface area contributed by atoms with Crippen LogP contribution in [0.4, 0.5) is 8.78 Å². The van der Waals surface area contributed by atoms with Crippen LogP contribution in [0.25, 0.3) is 11.4 Å². The van der Waals surface area contributed by atoms with Crippen molar-refractivity contribution in [3.63, 3.8) is 0 Å². The number of hydrogen-bond donors (Lipinski definition) is 0. The second kappa shape index (κ2) is 6.14. The number of alkyl halides is 2. The van der Waals surface area contributed by atoms with Crippen molar-refractivity contribution in [1.29, 1.82) is 0 Å². The van der Waals surface area contributed by atoms with E-state index in [0.717, 1.165) is 5.56 Å². The summed E-state index contributed by atoms with van der Waals surface area (Å²) < 4.78 is 32.9. The monoisotopic (exact) mass is 332 g/mol. The fourth-order valence-electron chi connectivity index (χ4n) is 2.63. The lowest BCUT2D eigenvalue weighted by Crippen LogP contribution is -2.21. The van der Waals surface area contributed by atoms with E-state index in [1.807, 2.05) is 44.2 Å². The van der Waals surface area contributed by atoms with Gasteiger partial charge in [-0.05, 0) is 12.0 Å². The van der Waals surface area contributed by atoms with Gasteiger partial charge < -0.3 is 4.52 Å². The topological polar surface area (TPSA) is 56.7 Å². The van der Waals surface area contributed by atoms with Gasteiger partial charge in [0.2, 0.25) is 11.7 Å². The molecule has 2 aromatic heterocycles. The molecule has 126 valence electrons. The predicted molar refractivity (Wildman–Crippen MR) is 84.6 cm³/mol. The van der Waals surface area contributed by atoms with Crippen molar-refractivity contribution >= 4 is 0 Å². The molecule has 0 bridgehead atoms. The van der Waals surface area contributed by atoms with E-state index < -0.39 is 11.8 Å². The number of aromatic nitrogens is 4. The Kier molecular flexibility index (Phi) is 4.17. The minimum Gasteiger partial charge on any atom is -0.338 e. The van der Waals surface area contributed by atoms with Crippen molar-refractivity contribution in [2.45, 2.75) is 32.1 Å². The lowest BCUT2D eigenvalue weighted by molar-refractivity contribution is 0.145. The minimum absolute atomic E-state index is 0.134. The third-order valence-corrected chi connectivity index (χ3v) is 3.80. The molecular weight excluding hydrogens is 314 g/mol. The zero-order valence-corrected chi connectivity index (χ0v) is 13.7. The minimum atomic E-state index is -2.69. The van der Waals surface area contributed by atoms with Gasteiger partial charge >= 0.3 is 0 Å². The van der Waals surface area contributed by atoms with Gasteiger partial charge in [-0.2, -0.15) is 10.1 Å². The molecule has 24 heavy (non-hydrogen) atoms. The molecule has 0 saturated heterocycles. The molecule has 3 rings (SSSR count). The first-order chi connectivity index (χ1) is 11.4. The molecule has 7 heteroatoms. The highest BCUT2D eigenvalue weighted by Gasteiger charge is 2.30. The van der Waals surface area contributed by atoms with Crippen molar-refractivity contribution < 1.29 is 13.3 Å². The van der Waals surface area contributed by atoms with Gasteiger partial charge in [-0.3, -0.25) is 4.68 Å². The van der Waals surface area contributed by atoms with E-state index in [0.29, 0.717) is 12.3 Å². The van der Waals surface area contributed by atoms with Gasteiger partial charge in [0.15, 0.2) is 0 Å². The summed E-state index contributed by atoms with van der Waals surface area (Å²) in [7, 11) is 1.58. The smallest absolute Gasteiger partial charge is 0.282 e. The zero-order valence-electron chi connectivity index (χ0n) is 13.7. The van der Waals surface area contributed by atoms with E-state index in [4.69, 9.17) is 4.52 Å². The van der Waals surface area contributed by atoms with E-state index >= 15 is 0 Å². The van der Waals surface area contributed by atoms with Crippen molar-refractivity contribution in [2.24, 2.45) is 7.05 Å². The quantitative estimate of drug-likeness (QED) is 0.710. The van der Waals surface area contributed by atoms with Crippen LogP contribution in [-0.2, 0) is 18.9 Å². The summed E-state index contributed by atoms with van der Waals surface area (Å²) in [6, 6.07) is 9.93. The largest absolute Gasteiger partial charge is 0.338 e. The first-order valence-electron chi connectivity index (χ1n) is 7.57. The molecule has 0 aliphatic carbocycles. The Morgan fingerprint density at radius 3 is 2.58 bits per heavy atom. The summed E-state index contributed by atoms with van der Waals surface area (Å²) in [5, 5.41) is 7.65. The second-order valence-electron chi connectivity index (χ2n) is 6.37. The fourth-order valence-corrected chi connectivity index (χ4v) is 2.63. The maximum absolute atomic E-state index is 13.1. The third-order valence-electron chi connectivity index (χ3n) is 3.80. The van der Waals surface area contributed by atoms with Gasteiger partial charge in [0.1, 0.15) is 5.69 Å². The molecule has 0 aliphatic heterocycles. The summed E-state index contributed by atoms with van der Waals surface area (Å²) in [5.74, 6) is 0.542. The first-order valence-corrected chi connectivity index (χ1v) is 7.57. The van der Waals surface area contributed by atoms with Crippen molar-refractivity contribution in [3.8, 4) is 11.4 Å². The average Bonchev–Trinajstić information content (AvgIpc) is 3.14. The van der Waals surface area contributed by atoms with Crippen LogP contribution in [0.2, 0.25) is 0 Å². The number of rotatable bonds is 5. The normalized spacial score (nSPS) is 12.1. The van der Waals surface area contributed by atoms with Crippen molar-refractivity contribution in [2.75, 3.05) is 0 Å². The van der Waals surface area contributed by atoms with Gasteiger partial charge in [-0.1, -0.05) is 49.3 Å². The molecule has 0 spiro atoms. The molecule has 5 nitrogen and oxygen atoms in total. The fraction of sp³-hybridized carbons (Fsp3) is 0.353. The van der Waals surface area contributed by atoms with Gasteiger partial charge in [-0.25, -0.2) is 8.78 Å². The summed E-state index contributed by atoms with van der Waals surface area (Å²) in [6.45, 7) is 3.96. The van der Waals surface area contributed by atoms with Gasteiger partial charge in [0, 0.05) is 18.7 Å². The zero-order chi connectivity index (χ0) is 17.3. The van der Waals surface area contributed by atoms with E-state index in [-0.39, 0.29) is 17.1 Å². The maximum Gasteiger partial charge on any atom is 0.282 e. The van der Waals surface area contributed by atoms with Crippen LogP contribution < -0.4 is 0 Å². The Hall–Kier alpha value is -2.57. The Balaban J connectivity index is 1.90. The average molecular weight is 332 g/mol. The Morgan fingerprint density at radius 2 is 1.92 bits per heavy atom. The van der Waals surface area contributed by atoms with Crippen molar-refractivity contribution in [1.82, 2.24) is 19.9 Å². The first kappa shape index (κ1) is 16.3. The van der Waals surface area contributed by atoms with Gasteiger partial charge in [0.05, 0.1) is 5.56 Å². The molecule has 0 radical (unpaired) electrons. The number of hydrogen-bond acceptors (Lipinski definition) is 4. The van der Waals surface area contributed by atoms with E-state index in [1.165, 1.54) is 10.9 Å². The van der Waals surface area contributed by atoms with E-state index in [9.17, 15) is 8.78 Å². The van der Waals surface area contributed by atoms with Crippen LogP contribution in [0.15, 0.2) is 41.1 Å². The molecule has 0 fully saturated rings. The Morgan fingerprint density at radius 1 is 1.21 bits per heavy atom. The second-order valence-corrected chi connectivity index (χ2v) is 6.37. The van der Waals surface area contributed by atoms with E-state index in [1.54, 1.807) is 7.05 Å².